The first-order valence-corrected chi connectivity index (χ1v) is 6.25. The van der Waals surface area contributed by atoms with Gasteiger partial charge in [-0.1, -0.05) is 18.2 Å². The van der Waals surface area contributed by atoms with Crippen molar-refractivity contribution in [2.75, 3.05) is 7.11 Å². The molecule has 0 radical (unpaired) electrons. The zero-order valence-corrected chi connectivity index (χ0v) is 10.7. The van der Waals surface area contributed by atoms with E-state index in [2.05, 4.69) is 5.32 Å². The van der Waals surface area contributed by atoms with Crippen LogP contribution in [0, 0.1) is 5.92 Å². The smallest absolute Gasteiger partial charge is 0.308 e. The largest absolute Gasteiger partial charge is 0.496 e. The molecule has 0 bridgehead atoms. The van der Waals surface area contributed by atoms with Gasteiger partial charge >= 0.3 is 5.97 Å². The number of hydrogen-bond donors (Lipinski definition) is 2. The zero-order valence-electron chi connectivity index (χ0n) is 10.7. The first-order valence-electron chi connectivity index (χ1n) is 6.25. The molecule has 0 heterocycles. The summed E-state index contributed by atoms with van der Waals surface area (Å²) in [5.41, 5.74) is 1.07. The maximum atomic E-state index is 11.0. The summed E-state index contributed by atoms with van der Waals surface area (Å²) in [5.74, 6) is -0.114. The zero-order chi connectivity index (χ0) is 13.1. The third-order valence-electron chi connectivity index (χ3n) is 3.66. The molecule has 4 heteroatoms. The second kappa shape index (κ2) is 5.40. The van der Waals surface area contributed by atoms with Gasteiger partial charge in [-0.3, -0.25) is 4.79 Å². The van der Waals surface area contributed by atoms with Crippen molar-refractivity contribution in [3.05, 3.63) is 29.8 Å². The summed E-state index contributed by atoms with van der Waals surface area (Å²) in [6.07, 6.45) is 1.70. The quantitative estimate of drug-likeness (QED) is 0.840. The number of carboxylic acid groups (broad SMARTS) is 1. The summed E-state index contributed by atoms with van der Waals surface area (Å²) in [6.45, 7) is 2.04. The molecule has 18 heavy (non-hydrogen) atoms. The minimum Gasteiger partial charge on any atom is -0.496 e. The van der Waals surface area contributed by atoms with Gasteiger partial charge < -0.3 is 15.2 Å². The van der Waals surface area contributed by atoms with Crippen molar-refractivity contribution >= 4 is 5.97 Å². The highest BCUT2D eigenvalue weighted by atomic mass is 16.5. The van der Waals surface area contributed by atoms with Crippen molar-refractivity contribution in [1.29, 1.82) is 0 Å². The lowest BCUT2D eigenvalue weighted by Crippen LogP contribution is -2.48. The Kier molecular flexibility index (Phi) is 3.87. The van der Waals surface area contributed by atoms with Gasteiger partial charge in [0.15, 0.2) is 0 Å². The molecule has 1 saturated carbocycles. The second-order valence-electron chi connectivity index (χ2n) is 4.76. The number of methoxy groups -OCH3 is 1. The molecule has 1 aliphatic carbocycles. The van der Waals surface area contributed by atoms with E-state index in [-0.39, 0.29) is 18.0 Å². The van der Waals surface area contributed by atoms with Crippen LogP contribution >= 0.6 is 0 Å². The molecule has 1 fully saturated rings. The van der Waals surface area contributed by atoms with Gasteiger partial charge in [0.25, 0.3) is 0 Å². The number of carboxylic acids is 1. The van der Waals surface area contributed by atoms with Crippen LogP contribution in [-0.2, 0) is 4.79 Å². The molecule has 0 aliphatic heterocycles. The average Bonchev–Trinajstić information content (AvgIpc) is 2.33. The third-order valence-corrected chi connectivity index (χ3v) is 3.66. The molecular weight excluding hydrogens is 230 g/mol. The molecule has 98 valence electrons. The highest BCUT2D eigenvalue weighted by Crippen LogP contribution is 2.31. The van der Waals surface area contributed by atoms with Crippen LogP contribution in [0.15, 0.2) is 24.3 Å². The van der Waals surface area contributed by atoms with Crippen molar-refractivity contribution in [1.82, 2.24) is 5.32 Å². The monoisotopic (exact) mass is 249 g/mol. The maximum absolute atomic E-state index is 11.0. The predicted octanol–water partition coefficient (Wildman–Crippen LogP) is 2.21. The van der Waals surface area contributed by atoms with E-state index in [0.29, 0.717) is 0 Å². The first-order chi connectivity index (χ1) is 8.63. The Labute approximate surface area is 107 Å². The van der Waals surface area contributed by atoms with E-state index in [1.807, 2.05) is 31.2 Å². The molecule has 0 saturated heterocycles. The van der Waals surface area contributed by atoms with Gasteiger partial charge in [0.1, 0.15) is 5.75 Å². The van der Waals surface area contributed by atoms with E-state index in [1.54, 1.807) is 7.11 Å². The van der Waals surface area contributed by atoms with Gasteiger partial charge in [-0.25, -0.2) is 0 Å². The highest BCUT2D eigenvalue weighted by Gasteiger charge is 2.37. The molecule has 2 unspecified atom stereocenters. The molecular formula is C14H19NO3. The molecule has 0 aromatic heterocycles. The van der Waals surface area contributed by atoms with Crippen molar-refractivity contribution in [2.24, 2.45) is 5.92 Å². The molecule has 2 rings (SSSR count). The van der Waals surface area contributed by atoms with Gasteiger partial charge in [0.05, 0.1) is 13.0 Å². The Bertz CT molecular complexity index is 433. The predicted molar refractivity (Wildman–Crippen MR) is 68.7 cm³/mol. The van der Waals surface area contributed by atoms with E-state index in [9.17, 15) is 4.79 Å². The van der Waals surface area contributed by atoms with Crippen LogP contribution in [0.4, 0.5) is 0 Å². The Morgan fingerprint density at radius 3 is 2.72 bits per heavy atom. The van der Waals surface area contributed by atoms with Gasteiger partial charge in [-0.15, -0.1) is 0 Å². The summed E-state index contributed by atoms with van der Waals surface area (Å²) in [5, 5.41) is 12.4. The van der Waals surface area contributed by atoms with Crippen LogP contribution in [0.3, 0.4) is 0 Å². The van der Waals surface area contributed by atoms with E-state index in [4.69, 9.17) is 9.84 Å². The molecule has 4 nitrogen and oxygen atoms in total. The third kappa shape index (κ3) is 2.48. The lowest BCUT2D eigenvalue weighted by atomic mass is 9.79. The fourth-order valence-corrected chi connectivity index (χ4v) is 2.43. The minimum atomic E-state index is -0.703. The standard InChI is InChI=1S/C14H19NO3/c1-9(10-5-3-4-6-13(10)18-2)15-12-8-7-11(12)14(16)17/h3-6,9,11-12,15H,7-8H2,1-2H3,(H,16,17)/t9-,11?,12?/m0/s1. The molecule has 1 aromatic rings. The number of nitrogens with one attached hydrogen (secondary N) is 1. The first kappa shape index (κ1) is 12.9. The van der Waals surface area contributed by atoms with Crippen LogP contribution in [0.5, 0.6) is 5.75 Å². The molecule has 1 aliphatic rings. The number of carbonyl (C=O) groups is 1. The number of rotatable bonds is 5. The fraction of sp³-hybridized carbons (Fsp3) is 0.500. The van der Waals surface area contributed by atoms with Gasteiger partial charge in [0, 0.05) is 17.6 Å². The molecule has 0 spiro atoms. The van der Waals surface area contributed by atoms with E-state index >= 15 is 0 Å². The highest BCUT2D eigenvalue weighted by molar-refractivity contribution is 5.72. The van der Waals surface area contributed by atoms with E-state index in [0.717, 1.165) is 24.2 Å². The fourth-order valence-electron chi connectivity index (χ4n) is 2.43. The summed E-state index contributed by atoms with van der Waals surface area (Å²) in [7, 11) is 1.65. The molecule has 0 amide bonds. The van der Waals surface area contributed by atoms with Crippen molar-refractivity contribution < 1.29 is 14.6 Å². The van der Waals surface area contributed by atoms with Crippen LogP contribution < -0.4 is 10.1 Å². The average molecular weight is 249 g/mol. The Balaban J connectivity index is 2.03. The Hall–Kier alpha value is -1.55. The minimum absolute atomic E-state index is 0.0717. The summed E-state index contributed by atoms with van der Waals surface area (Å²) in [4.78, 5) is 11.0. The maximum Gasteiger partial charge on any atom is 0.308 e. The number of ether oxygens (including phenoxy) is 1. The van der Waals surface area contributed by atoms with Crippen LogP contribution in [0.25, 0.3) is 0 Å². The van der Waals surface area contributed by atoms with Crippen molar-refractivity contribution in [3.63, 3.8) is 0 Å². The SMILES string of the molecule is COc1ccccc1[C@H](C)NC1CCC1C(=O)O. The number of para-hydroxylation sites is 1. The van der Waals surface area contributed by atoms with Gasteiger partial charge in [-0.2, -0.15) is 0 Å². The van der Waals surface area contributed by atoms with Gasteiger partial charge in [-0.05, 0) is 25.8 Å². The Morgan fingerprint density at radius 1 is 1.44 bits per heavy atom. The summed E-state index contributed by atoms with van der Waals surface area (Å²) in [6, 6.07) is 7.98. The number of hydrogen-bond acceptors (Lipinski definition) is 3. The molecule has 3 atom stereocenters. The number of aliphatic carboxylic acids is 1. The topological polar surface area (TPSA) is 58.6 Å². The lowest BCUT2D eigenvalue weighted by Gasteiger charge is -2.36. The van der Waals surface area contributed by atoms with Crippen molar-refractivity contribution in [2.45, 2.75) is 31.8 Å². The molecule has 2 N–H and O–H groups in total. The summed E-state index contributed by atoms with van der Waals surface area (Å²) >= 11 is 0. The second-order valence-corrected chi connectivity index (χ2v) is 4.76. The Morgan fingerprint density at radius 2 is 2.17 bits per heavy atom. The van der Waals surface area contributed by atoms with Crippen LogP contribution in [0.2, 0.25) is 0 Å². The van der Waals surface area contributed by atoms with E-state index < -0.39 is 5.97 Å². The summed E-state index contributed by atoms with van der Waals surface area (Å²) < 4.78 is 5.32. The van der Waals surface area contributed by atoms with Crippen LogP contribution in [0.1, 0.15) is 31.4 Å². The van der Waals surface area contributed by atoms with Crippen LogP contribution in [-0.4, -0.2) is 24.2 Å². The van der Waals surface area contributed by atoms with Crippen molar-refractivity contribution in [3.8, 4) is 5.75 Å². The lowest BCUT2D eigenvalue weighted by molar-refractivity contribution is -0.146. The number of benzene rings is 1. The van der Waals surface area contributed by atoms with E-state index in [1.165, 1.54) is 0 Å². The van der Waals surface area contributed by atoms with Gasteiger partial charge in [0.2, 0.25) is 0 Å². The normalized spacial score (nSPS) is 24.1. The molecule has 1 aromatic carbocycles.